The molecule has 2 unspecified atom stereocenters. The highest BCUT2D eigenvalue weighted by Gasteiger charge is 2.31. The average molecular weight is 190 g/mol. The van der Waals surface area contributed by atoms with Gasteiger partial charge in [0.25, 0.3) is 0 Å². The lowest BCUT2D eigenvalue weighted by Crippen LogP contribution is -2.27. The molecule has 0 radical (unpaired) electrons. The van der Waals surface area contributed by atoms with Gasteiger partial charge in [0.1, 0.15) is 0 Å². The Morgan fingerprint density at radius 3 is 3.14 bits per heavy atom. The molecule has 3 heteroatoms. The summed E-state index contributed by atoms with van der Waals surface area (Å²) in [5.41, 5.74) is 1.16. The normalized spacial score (nSPS) is 26.2. The third-order valence-corrected chi connectivity index (χ3v) is 2.79. The first-order chi connectivity index (χ1) is 6.81. The van der Waals surface area contributed by atoms with Crippen LogP contribution in [0.3, 0.4) is 0 Å². The Kier molecular flexibility index (Phi) is 2.48. The molecule has 0 aliphatic carbocycles. The predicted molar refractivity (Wildman–Crippen MR) is 53.8 cm³/mol. The minimum atomic E-state index is 0.158. The molecule has 2 rings (SSSR count). The van der Waals surface area contributed by atoms with E-state index >= 15 is 0 Å². The quantitative estimate of drug-likeness (QED) is 0.767. The van der Waals surface area contributed by atoms with Gasteiger partial charge in [0.15, 0.2) is 0 Å². The standard InChI is InChI=1S/C11H14N2O/c1-2-10-9(6-11(14)13-10)8-4-3-5-12-7-8/h3-5,7,9-10H,2,6H2,1H3,(H,13,14). The number of hydrogen-bond donors (Lipinski definition) is 1. The monoisotopic (exact) mass is 190 g/mol. The molecule has 0 aromatic carbocycles. The molecule has 0 spiro atoms. The zero-order valence-electron chi connectivity index (χ0n) is 8.23. The summed E-state index contributed by atoms with van der Waals surface area (Å²) >= 11 is 0. The van der Waals surface area contributed by atoms with Gasteiger partial charge in [-0.1, -0.05) is 13.0 Å². The number of rotatable bonds is 2. The summed E-state index contributed by atoms with van der Waals surface area (Å²) in [4.78, 5) is 15.3. The Labute approximate surface area is 83.5 Å². The second kappa shape index (κ2) is 3.78. The molecule has 1 N–H and O–H groups in total. The van der Waals surface area contributed by atoms with Gasteiger partial charge in [-0.05, 0) is 18.1 Å². The van der Waals surface area contributed by atoms with E-state index in [2.05, 4.69) is 17.2 Å². The van der Waals surface area contributed by atoms with Crippen molar-refractivity contribution in [3.05, 3.63) is 30.1 Å². The first kappa shape index (κ1) is 9.19. The molecule has 1 fully saturated rings. The van der Waals surface area contributed by atoms with Gasteiger partial charge >= 0.3 is 0 Å². The van der Waals surface area contributed by atoms with Gasteiger partial charge < -0.3 is 5.32 Å². The average Bonchev–Trinajstić information content (AvgIpc) is 2.61. The minimum absolute atomic E-state index is 0.158. The molecule has 14 heavy (non-hydrogen) atoms. The van der Waals surface area contributed by atoms with E-state index < -0.39 is 0 Å². The molecule has 3 nitrogen and oxygen atoms in total. The Bertz CT molecular complexity index is 323. The van der Waals surface area contributed by atoms with E-state index in [-0.39, 0.29) is 11.9 Å². The lowest BCUT2D eigenvalue weighted by molar-refractivity contribution is -0.119. The number of amides is 1. The summed E-state index contributed by atoms with van der Waals surface area (Å²) in [6.45, 7) is 2.10. The molecule has 2 atom stereocenters. The van der Waals surface area contributed by atoms with Crippen molar-refractivity contribution in [2.45, 2.75) is 31.7 Å². The molecule has 0 saturated carbocycles. The van der Waals surface area contributed by atoms with Crippen LogP contribution < -0.4 is 5.32 Å². The van der Waals surface area contributed by atoms with Gasteiger partial charge in [-0.2, -0.15) is 0 Å². The molecule has 1 amide bonds. The third-order valence-electron chi connectivity index (χ3n) is 2.79. The number of hydrogen-bond acceptors (Lipinski definition) is 2. The lowest BCUT2D eigenvalue weighted by Gasteiger charge is -2.16. The summed E-state index contributed by atoms with van der Waals surface area (Å²) in [5, 5.41) is 2.99. The molecule has 0 bridgehead atoms. The van der Waals surface area contributed by atoms with E-state index in [9.17, 15) is 4.79 Å². The van der Waals surface area contributed by atoms with Crippen molar-refractivity contribution in [3.8, 4) is 0 Å². The van der Waals surface area contributed by atoms with Crippen molar-refractivity contribution >= 4 is 5.91 Å². The molecule has 1 aromatic rings. The van der Waals surface area contributed by atoms with Crippen molar-refractivity contribution in [2.24, 2.45) is 0 Å². The Balaban J connectivity index is 2.22. The summed E-state index contributed by atoms with van der Waals surface area (Å²) in [6, 6.07) is 4.25. The highest BCUT2D eigenvalue weighted by molar-refractivity contribution is 5.80. The highest BCUT2D eigenvalue weighted by atomic mass is 16.2. The fourth-order valence-corrected chi connectivity index (χ4v) is 2.04. The number of nitrogens with one attached hydrogen (secondary N) is 1. The third kappa shape index (κ3) is 1.62. The SMILES string of the molecule is CCC1NC(=O)CC1c1cccnc1. The van der Waals surface area contributed by atoms with Crippen LogP contribution in [-0.2, 0) is 4.79 Å². The van der Waals surface area contributed by atoms with Gasteiger partial charge in [0.05, 0.1) is 0 Å². The second-order valence-electron chi connectivity index (χ2n) is 3.68. The van der Waals surface area contributed by atoms with Gasteiger partial charge in [-0.15, -0.1) is 0 Å². The van der Waals surface area contributed by atoms with Crippen LogP contribution in [0.1, 0.15) is 31.2 Å². The van der Waals surface area contributed by atoms with E-state index in [0.29, 0.717) is 12.3 Å². The van der Waals surface area contributed by atoms with E-state index in [0.717, 1.165) is 12.0 Å². The van der Waals surface area contributed by atoms with Crippen LogP contribution in [0.5, 0.6) is 0 Å². The van der Waals surface area contributed by atoms with Crippen LogP contribution in [0.25, 0.3) is 0 Å². The van der Waals surface area contributed by atoms with Crippen LogP contribution in [0.15, 0.2) is 24.5 Å². The molecule has 1 aromatic heterocycles. The van der Waals surface area contributed by atoms with Gasteiger partial charge in [-0.3, -0.25) is 9.78 Å². The molecule has 1 aliphatic heterocycles. The number of aromatic nitrogens is 1. The van der Waals surface area contributed by atoms with Crippen LogP contribution in [0, 0.1) is 0 Å². The Morgan fingerprint density at radius 1 is 1.64 bits per heavy atom. The first-order valence-corrected chi connectivity index (χ1v) is 5.00. The smallest absolute Gasteiger partial charge is 0.220 e. The molecular formula is C11H14N2O. The number of carbonyl (C=O) groups excluding carboxylic acids is 1. The minimum Gasteiger partial charge on any atom is -0.353 e. The number of pyridine rings is 1. The van der Waals surface area contributed by atoms with Gasteiger partial charge in [-0.25, -0.2) is 0 Å². The molecule has 1 aliphatic rings. The van der Waals surface area contributed by atoms with E-state index in [1.165, 1.54) is 0 Å². The largest absolute Gasteiger partial charge is 0.353 e. The Hall–Kier alpha value is -1.38. The second-order valence-corrected chi connectivity index (χ2v) is 3.68. The van der Waals surface area contributed by atoms with Gasteiger partial charge in [0.2, 0.25) is 5.91 Å². The summed E-state index contributed by atoms with van der Waals surface area (Å²) in [6.07, 6.45) is 5.19. The summed E-state index contributed by atoms with van der Waals surface area (Å²) in [5.74, 6) is 0.465. The van der Waals surface area contributed by atoms with E-state index in [1.54, 1.807) is 6.20 Å². The van der Waals surface area contributed by atoms with E-state index in [1.807, 2.05) is 18.3 Å². The molecule has 2 heterocycles. The van der Waals surface area contributed by atoms with Gasteiger partial charge in [0, 0.05) is 30.8 Å². The zero-order valence-corrected chi connectivity index (χ0v) is 8.23. The molecular weight excluding hydrogens is 176 g/mol. The maximum Gasteiger partial charge on any atom is 0.220 e. The van der Waals surface area contributed by atoms with Crippen molar-refractivity contribution in [1.82, 2.24) is 10.3 Å². The van der Waals surface area contributed by atoms with Crippen LogP contribution in [0.2, 0.25) is 0 Å². The Morgan fingerprint density at radius 2 is 2.50 bits per heavy atom. The maximum absolute atomic E-state index is 11.3. The van der Waals surface area contributed by atoms with E-state index in [4.69, 9.17) is 0 Å². The van der Waals surface area contributed by atoms with Crippen molar-refractivity contribution in [1.29, 1.82) is 0 Å². The molecule has 74 valence electrons. The fourth-order valence-electron chi connectivity index (χ4n) is 2.04. The van der Waals surface area contributed by atoms with Crippen LogP contribution in [-0.4, -0.2) is 16.9 Å². The van der Waals surface area contributed by atoms with Crippen molar-refractivity contribution in [3.63, 3.8) is 0 Å². The lowest BCUT2D eigenvalue weighted by atomic mass is 9.92. The number of carbonyl (C=O) groups is 1. The van der Waals surface area contributed by atoms with Crippen molar-refractivity contribution < 1.29 is 4.79 Å². The summed E-state index contributed by atoms with van der Waals surface area (Å²) < 4.78 is 0. The fraction of sp³-hybridized carbons (Fsp3) is 0.455. The molecule has 1 saturated heterocycles. The summed E-state index contributed by atoms with van der Waals surface area (Å²) in [7, 11) is 0. The highest BCUT2D eigenvalue weighted by Crippen LogP contribution is 2.29. The zero-order chi connectivity index (χ0) is 9.97. The van der Waals surface area contributed by atoms with Crippen LogP contribution in [0.4, 0.5) is 0 Å². The van der Waals surface area contributed by atoms with Crippen LogP contribution >= 0.6 is 0 Å². The first-order valence-electron chi connectivity index (χ1n) is 5.00. The predicted octanol–water partition coefficient (Wildman–Crippen LogP) is 1.46. The van der Waals surface area contributed by atoms with Crippen molar-refractivity contribution in [2.75, 3.05) is 0 Å². The maximum atomic E-state index is 11.3. The number of nitrogens with zero attached hydrogens (tertiary/aromatic N) is 1. The topological polar surface area (TPSA) is 42.0 Å².